The summed E-state index contributed by atoms with van der Waals surface area (Å²) in [6.45, 7) is 0. The van der Waals surface area contributed by atoms with Crippen LogP contribution in [0.5, 0.6) is 11.5 Å². The van der Waals surface area contributed by atoms with E-state index in [-0.39, 0.29) is 17.1 Å². The maximum absolute atomic E-state index is 12.8. The molecule has 0 radical (unpaired) electrons. The number of H-pyrrole nitrogens is 1. The predicted molar refractivity (Wildman–Crippen MR) is 51.7 cm³/mol. The van der Waals surface area contributed by atoms with E-state index in [9.17, 15) is 9.50 Å². The zero-order valence-corrected chi connectivity index (χ0v) is 7.53. The minimum Gasteiger partial charge on any atom is -0.507 e. The average molecular weight is 209 g/mol. The molecule has 0 aliphatic rings. The number of hydrogen-bond donors (Lipinski definition) is 4. The SMILES string of the molecule is Nc1[nH]ncc1-c1cc(O)c(F)cc1O. The van der Waals surface area contributed by atoms with Crippen LogP contribution in [0, 0.1) is 5.82 Å². The lowest BCUT2D eigenvalue weighted by Gasteiger charge is -2.04. The summed E-state index contributed by atoms with van der Waals surface area (Å²) in [5.74, 6) is -1.52. The quantitative estimate of drug-likeness (QED) is 0.531. The van der Waals surface area contributed by atoms with E-state index in [2.05, 4.69) is 10.2 Å². The van der Waals surface area contributed by atoms with Gasteiger partial charge in [0.1, 0.15) is 11.6 Å². The molecule has 0 unspecified atom stereocenters. The molecule has 1 aromatic heterocycles. The molecule has 78 valence electrons. The fourth-order valence-electron chi connectivity index (χ4n) is 1.28. The maximum atomic E-state index is 12.8. The molecule has 0 bridgehead atoms. The van der Waals surface area contributed by atoms with Crippen LogP contribution in [0.15, 0.2) is 18.3 Å². The summed E-state index contributed by atoms with van der Waals surface area (Å²) < 4.78 is 12.8. The van der Waals surface area contributed by atoms with Crippen LogP contribution in [0.25, 0.3) is 11.1 Å². The Morgan fingerprint density at radius 2 is 1.93 bits per heavy atom. The van der Waals surface area contributed by atoms with E-state index in [1.54, 1.807) is 0 Å². The van der Waals surface area contributed by atoms with Gasteiger partial charge in [-0.05, 0) is 6.07 Å². The van der Waals surface area contributed by atoms with Gasteiger partial charge in [-0.3, -0.25) is 5.10 Å². The molecule has 6 heteroatoms. The molecular weight excluding hydrogens is 201 g/mol. The second kappa shape index (κ2) is 3.16. The van der Waals surface area contributed by atoms with E-state index in [4.69, 9.17) is 10.8 Å². The van der Waals surface area contributed by atoms with Gasteiger partial charge in [-0.15, -0.1) is 0 Å². The molecule has 2 rings (SSSR count). The first-order chi connectivity index (χ1) is 7.09. The largest absolute Gasteiger partial charge is 0.507 e. The van der Waals surface area contributed by atoms with Crippen molar-refractivity contribution in [3.05, 3.63) is 24.1 Å². The monoisotopic (exact) mass is 209 g/mol. The molecule has 0 saturated carbocycles. The van der Waals surface area contributed by atoms with Crippen LogP contribution >= 0.6 is 0 Å². The number of hydrogen-bond acceptors (Lipinski definition) is 4. The Balaban J connectivity index is 2.64. The number of phenols is 2. The van der Waals surface area contributed by atoms with Crippen molar-refractivity contribution >= 4 is 5.82 Å². The fraction of sp³-hybridized carbons (Fsp3) is 0. The lowest BCUT2D eigenvalue weighted by Crippen LogP contribution is -1.88. The first-order valence-corrected chi connectivity index (χ1v) is 4.10. The van der Waals surface area contributed by atoms with E-state index in [0.29, 0.717) is 5.56 Å². The number of anilines is 1. The first kappa shape index (κ1) is 9.32. The molecule has 0 spiro atoms. The van der Waals surface area contributed by atoms with Crippen LogP contribution < -0.4 is 5.73 Å². The minimum atomic E-state index is -0.890. The summed E-state index contributed by atoms with van der Waals surface area (Å²) in [6, 6.07) is 1.91. The van der Waals surface area contributed by atoms with Crippen molar-refractivity contribution in [2.24, 2.45) is 0 Å². The van der Waals surface area contributed by atoms with Crippen molar-refractivity contribution < 1.29 is 14.6 Å². The number of nitrogen functional groups attached to an aromatic ring is 1. The number of phenolic OH excluding ortho intramolecular Hbond substituents is 2. The van der Waals surface area contributed by atoms with Crippen molar-refractivity contribution in [1.29, 1.82) is 0 Å². The number of aromatic amines is 1. The second-order valence-electron chi connectivity index (χ2n) is 3.02. The van der Waals surface area contributed by atoms with Gasteiger partial charge < -0.3 is 15.9 Å². The normalized spacial score (nSPS) is 10.5. The number of aromatic hydroxyl groups is 2. The molecule has 0 aliphatic carbocycles. The molecule has 1 aromatic carbocycles. The Morgan fingerprint density at radius 1 is 1.20 bits per heavy atom. The third-order valence-electron chi connectivity index (χ3n) is 2.02. The van der Waals surface area contributed by atoms with Gasteiger partial charge in [-0.1, -0.05) is 0 Å². The van der Waals surface area contributed by atoms with Crippen LogP contribution in [0.1, 0.15) is 0 Å². The van der Waals surface area contributed by atoms with E-state index in [0.717, 1.165) is 12.1 Å². The van der Waals surface area contributed by atoms with Crippen molar-refractivity contribution in [2.75, 3.05) is 5.73 Å². The Labute approximate surface area is 84.0 Å². The Hall–Kier alpha value is -2.24. The fourth-order valence-corrected chi connectivity index (χ4v) is 1.28. The topological polar surface area (TPSA) is 95.2 Å². The van der Waals surface area contributed by atoms with Crippen LogP contribution in [0.4, 0.5) is 10.2 Å². The van der Waals surface area contributed by atoms with Crippen LogP contribution in [0.2, 0.25) is 0 Å². The Kier molecular flexibility index (Phi) is 1.96. The number of rotatable bonds is 1. The Morgan fingerprint density at radius 3 is 2.53 bits per heavy atom. The van der Waals surface area contributed by atoms with Crippen molar-refractivity contribution in [2.45, 2.75) is 0 Å². The summed E-state index contributed by atoms with van der Waals surface area (Å²) in [4.78, 5) is 0. The lowest BCUT2D eigenvalue weighted by atomic mass is 10.1. The third-order valence-corrected chi connectivity index (χ3v) is 2.02. The molecule has 5 N–H and O–H groups in total. The smallest absolute Gasteiger partial charge is 0.168 e. The summed E-state index contributed by atoms with van der Waals surface area (Å²) in [6.07, 6.45) is 1.38. The molecular formula is C9H8FN3O2. The van der Waals surface area contributed by atoms with Crippen molar-refractivity contribution in [1.82, 2.24) is 10.2 Å². The zero-order valence-electron chi connectivity index (χ0n) is 7.53. The standard InChI is InChI=1S/C9H8FN3O2/c10-6-2-7(14)4(1-8(6)15)5-3-12-13-9(5)11/h1-3,14-15H,(H3,11,12,13). The molecule has 0 amide bonds. The molecule has 0 fully saturated rings. The number of benzene rings is 1. The molecule has 1 heterocycles. The van der Waals surface area contributed by atoms with Gasteiger partial charge in [0.25, 0.3) is 0 Å². The van der Waals surface area contributed by atoms with Crippen molar-refractivity contribution in [3.63, 3.8) is 0 Å². The van der Waals surface area contributed by atoms with Gasteiger partial charge in [0.2, 0.25) is 0 Å². The number of nitrogens with one attached hydrogen (secondary N) is 1. The maximum Gasteiger partial charge on any atom is 0.168 e. The number of nitrogens with zero attached hydrogens (tertiary/aromatic N) is 1. The predicted octanol–water partition coefficient (Wildman–Crippen LogP) is 1.21. The second-order valence-corrected chi connectivity index (χ2v) is 3.02. The highest BCUT2D eigenvalue weighted by atomic mass is 19.1. The number of aromatic nitrogens is 2. The van der Waals surface area contributed by atoms with E-state index in [1.807, 2.05) is 0 Å². The van der Waals surface area contributed by atoms with Gasteiger partial charge >= 0.3 is 0 Å². The highest BCUT2D eigenvalue weighted by Crippen LogP contribution is 2.35. The molecule has 5 nitrogen and oxygen atoms in total. The molecule has 0 atom stereocenters. The number of halogens is 1. The summed E-state index contributed by atoms with van der Waals surface area (Å²) in [7, 11) is 0. The van der Waals surface area contributed by atoms with E-state index in [1.165, 1.54) is 6.20 Å². The highest BCUT2D eigenvalue weighted by molar-refractivity contribution is 5.78. The molecule has 2 aromatic rings. The van der Waals surface area contributed by atoms with Gasteiger partial charge in [0, 0.05) is 17.2 Å². The highest BCUT2D eigenvalue weighted by Gasteiger charge is 2.13. The van der Waals surface area contributed by atoms with Gasteiger partial charge in [0.15, 0.2) is 11.6 Å². The lowest BCUT2D eigenvalue weighted by molar-refractivity contribution is 0.422. The van der Waals surface area contributed by atoms with Crippen molar-refractivity contribution in [3.8, 4) is 22.6 Å². The third kappa shape index (κ3) is 1.45. The Bertz CT molecular complexity index is 510. The van der Waals surface area contributed by atoms with Gasteiger partial charge in [-0.2, -0.15) is 5.10 Å². The van der Waals surface area contributed by atoms with E-state index >= 15 is 0 Å². The summed E-state index contributed by atoms with van der Waals surface area (Å²) in [5.41, 5.74) is 6.15. The van der Waals surface area contributed by atoms with Crippen LogP contribution in [-0.4, -0.2) is 20.4 Å². The van der Waals surface area contributed by atoms with Crippen LogP contribution in [0.3, 0.4) is 0 Å². The van der Waals surface area contributed by atoms with Gasteiger partial charge in [0.05, 0.1) is 6.20 Å². The molecule has 0 aliphatic heterocycles. The van der Waals surface area contributed by atoms with E-state index < -0.39 is 11.6 Å². The zero-order chi connectivity index (χ0) is 11.0. The summed E-state index contributed by atoms with van der Waals surface area (Å²) in [5, 5.41) is 24.7. The van der Waals surface area contributed by atoms with Crippen LogP contribution in [-0.2, 0) is 0 Å². The van der Waals surface area contributed by atoms with Gasteiger partial charge in [-0.25, -0.2) is 4.39 Å². The average Bonchev–Trinajstić information content (AvgIpc) is 2.58. The summed E-state index contributed by atoms with van der Waals surface area (Å²) >= 11 is 0. The molecule has 0 saturated heterocycles. The minimum absolute atomic E-state index is 0.222. The molecule has 15 heavy (non-hydrogen) atoms. The number of nitrogens with two attached hydrogens (primary N) is 1. The first-order valence-electron chi connectivity index (χ1n) is 4.10.